The molecule has 2 heterocycles. The highest BCUT2D eigenvalue weighted by Crippen LogP contribution is 2.34. The number of rotatable bonds is 5. The molecule has 6 heteroatoms. The van der Waals surface area contributed by atoms with Gasteiger partial charge in [0.15, 0.2) is 0 Å². The van der Waals surface area contributed by atoms with Crippen molar-refractivity contribution < 1.29 is 8.90 Å². The largest absolute Gasteiger partial charge is 0.438 e. The molecule has 0 radical (unpaired) electrons. The first-order chi connectivity index (χ1) is 14.7. The van der Waals surface area contributed by atoms with Gasteiger partial charge in [-0.3, -0.25) is 0 Å². The Morgan fingerprint density at radius 2 is 1.47 bits per heavy atom. The van der Waals surface area contributed by atoms with E-state index in [1.807, 2.05) is 66.7 Å². The first-order valence-corrected chi connectivity index (χ1v) is 9.58. The van der Waals surface area contributed by atoms with Gasteiger partial charge in [-0.15, -0.1) is 4.48 Å². The van der Waals surface area contributed by atoms with Crippen LogP contribution in [0.3, 0.4) is 0 Å². The Bertz CT molecular complexity index is 1350. The minimum absolute atomic E-state index is 0.459. The molecule has 0 amide bonds. The molecule has 0 aliphatic carbocycles. The lowest BCUT2D eigenvalue weighted by molar-refractivity contribution is 0.476. The summed E-state index contributed by atoms with van der Waals surface area (Å²) in [5, 5.41) is 9.31. The van der Waals surface area contributed by atoms with Crippen LogP contribution in [0.25, 0.3) is 22.1 Å². The van der Waals surface area contributed by atoms with E-state index in [-0.39, 0.29) is 0 Å². The fraction of sp³-hybridized carbons (Fsp3) is 0.0417. The molecule has 0 aliphatic rings. The van der Waals surface area contributed by atoms with Crippen LogP contribution in [-0.4, -0.2) is 12.0 Å². The Morgan fingerprint density at radius 3 is 2.27 bits per heavy atom. The summed E-state index contributed by atoms with van der Waals surface area (Å²) < 4.78 is 19.7. The average Bonchev–Trinajstić information content (AvgIpc) is 3.13. The third-order valence-electron chi connectivity index (χ3n) is 4.95. The van der Waals surface area contributed by atoms with Gasteiger partial charge in [-0.05, 0) is 36.4 Å². The number of benzene rings is 3. The summed E-state index contributed by atoms with van der Waals surface area (Å²) in [6.07, 6.45) is 1.74. The number of nitrogens with zero attached hydrogens (tertiary/aromatic N) is 2. The monoisotopic (exact) mass is 398 g/mol. The third kappa shape index (κ3) is 3.28. The SMILES string of the molecule is CN(F)c1ccccc1Nc1ccccc1Nc1cnc2oc3ccccc3c2c1. The fourth-order valence-electron chi connectivity index (χ4n) is 3.53. The van der Waals surface area contributed by atoms with Gasteiger partial charge < -0.3 is 15.1 Å². The van der Waals surface area contributed by atoms with Crippen molar-refractivity contribution in [1.29, 1.82) is 0 Å². The predicted molar refractivity (Wildman–Crippen MR) is 120 cm³/mol. The highest BCUT2D eigenvalue weighted by atomic mass is 19.2. The summed E-state index contributed by atoms with van der Waals surface area (Å²) in [5.74, 6) is 0. The number of halogens is 1. The van der Waals surface area contributed by atoms with Crippen LogP contribution in [0.5, 0.6) is 0 Å². The number of furan rings is 1. The molecule has 0 unspecified atom stereocenters. The second kappa shape index (κ2) is 7.40. The summed E-state index contributed by atoms with van der Waals surface area (Å²) in [4.78, 5) is 4.46. The zero-order valence-electron chi connectivity index (χ0n) is 16.3. The minimum atomic E-state index is 0.459. The molecule has 0 fully saturated rings. The van der Waals surface area contributed by atoms with Crippen LogP contribution in [0.2, 0.25) is 0 Å². The zero-order valence-corrected chi connectivity index (χ0v) is 16.3. The molecule has 0 spiro atoms. The Balaban J connectivity index is 1.50. The lowest BCUT2D eigenvalue weighted by Crippen LogP contribution is -2.06. The smallest absolute Gasteiger partial charge is 0.227 e. The predicted octanol–water partition coefficient (Wildman–Crippen LogP) is 6.79. The normalized spacial score (nSPS) is 11.0. The highest BCUT2D eigenvalue weighted by Gasteiger charge is 2.11. The zero-order chi connectivity index (χ0) is 20.5. The van der Waals surface area contributed by atoms with E-state index in [9.17, 15) is 4.48 Å². The number of hydrogen-bond donors (Lipinski definition) is 2. The molecule has 0 atom stereocenters. The number of aromatic nitrogens is 1. The van der Waals surface area contributed by atoms with E-state index in [1.165, 1.54) is 7.05 Å². The number of anilines is 5. The highest BCUT2D eigenvalue weighted by molar-refractivity contribution is 6.04. The standard InChI is InChI=1S/C24H19FN4O/c1-29(25)22-12-6-5-11-21(22)28-20-10-4-3-9-19(20)27-16-14-18-17-8-2-7-13-23(17)30-24(18)26-15-16/h2-15,27-28H,1H3. The summed E-state index contributed by atoms with van der Waals surface area (Å²) in [7, 11) is 1.38. The van der Waals surface area contributed by atoms with E-state index >= 15 is 0 Å². The van der Waals surface area contributed by atoms with Crippen molar-refractivity contribution in [1.82, 2.24) is 4.98 Å². The van der Waals surface area contributed by atoms with Gasteiger partial charge in [-0.1, -0.05) is 42.5 Å². The van der Waals surface area contributed by atoms with Gasteiger partial charge in [0.1, 0.15) is 5.58 Å². The van der Waals surface area contributed by atoms with Crippen molar-refractivity contribution in [3.05, 3.63) is 85.1 Å². The first-order valence-electron chi connectivity index (χ1n) is 9.58. The van der Waals surface area contributed by atoms with Gasteiger partial charge >= 0.3 is 0 Å². The molecule has 0 saturated carbocycles. The molecule has 30 heavy (non-hydrogen) atoms. The third-order valence-corrected chi connectivity index (χ3v) is 4.95. The van der Waals surface area contributed by atoms with Crippen molar-refractivity contribution in [2.24, 2.45) is 0 Å². The molecule has 5 aromatic rings. The summed E-state index contributed by atoms with van der Waals surface area (Å²) in [6, 6.07) is 24.9. The maximum absolute atomic E-state index is 13.9. The Morgan fingerprint density at radius 1 is 0.800 bits per heavy atom. The second-order valence-electron chi connectivity index (χ2n) is 6.96. The van der Waals surface area contributed by atoms with Gasteiger partial charge in [0.2, 0.25) is 5.71 Å². The Labute approximate surface area is 172 Å². The Hall–Kier alpha value is -4.06. The van der Waals surface area contributed by atoms with Crippen LogP contribution in [-0.2, 0) is 0 Å². The van der Waals surface area contributed by atoms with Crippen molar-refractivity contribution >= 4 is 50.5 Å². The van der Waals surface area contributed by atoms with Gasteiger partial charge in [-0.2, -0.15) is 0 Å². The van der Waals surface area contributed by atoms with Crippen LogP contribution in [0, 0.1) is 0 Å². The van der Waals surface area contributed by atoms with Crippen LogP contribution < -0.4 is 15.8 Å². The van der Waals surface area contributed by atoms with Gasteiger partial charge in [0.25, 0.3) is 0 Å². The maximum atomic E-state index is 13.9. The molecular weight excluding hydrogens is 379 g/mol. The van der Waals surface area contributed by atoms with Gasteiger partial charge in [0, 0.05) is 12.4 Å². The van der Waals surface area contributed by atoms with Crippen LogP contribution >= 0.6 is 0 Å². The molecule has 0 saturated heterocycles. The molecule has 148 valence electrons. The number of hydrogen-bond acceptors (Lipinski definition) is 5. The quantitative estimate of drug-likeness (QED) is 0.319. The topological polar surface area (TPSA) is 53.3 Å². The molecule has 2 N–H and O–H groups in total. The summed E-state index contributed by atoms with van der Waals surface area (Å²) >= 11 is 0. The van der Waals surface area contributed by atoms with E-state index in [2.05, 4.69) is 15.6 Å². The number of fused-ring (bicyclic) bond motifs is 3. The van der Waals surface area contributed by atoms with E-state index in [4.69, 9.17) is 4.42 Å². The lowest BCUT2D eigenvalue weighted by Gasteiger charge is -2.17. The van der Waals surface area contributed by atoms with Crippen LogP contribution in [0.4, 0.5) is 32.9 Å². The first kappa shape index (κ1) is 18.0. The second-order valence-corrected chi connectivity index (χ2v) is 6.96. The van der Waals surface area contributed by atoms with E-state index in [1.54, 1.807) is 18.3 Å². The molecule has 0 bridgehead atoms. The summed E-state index contributed by atoms with van der Waals surface area (Å²) in [5.41, 5.74) is 5.05. The molecule has 0 aliphatic heterocycles. The van der Waals surface area contributed by atoms with E-state index in [0.29, 0.717) is 22.2 Å². The van der Waals surface area contributed by atoms with Crippen molar-refractivity contribution in [2.45, 2.75) is 0 Å². The summed E-state index contributed by atoms with van der Waals surface area (Å²) in [6.45, 7) is 0. The molecule has 3 aromatic carbocycles. The molecule has 5 nitrogen and oxygen atoms in total. The average molecular weight is 398 g/mol. The van der Waals surface area contributed by atoms with Crippen LogP contribution in [0.15, 0.2) is 89.5 Å². The van der Waals surface area contributed by atoms with E-state index in [0.717, 1.165) is 33.4 Å². The maximum Gasteiger partial charge on any atom is 0.227 e. The Kier molecular flexibility index (Phi) is 4.44. The van der Waals surface area contributed by atoms with Crippen molar-refractivity contribution in [3.8, 4) is 0 Å². The molecule has 5 rings (SSSR count). The van der Waals surface area contributed by atoms with E-state index < -0.39 is 0 Å². The number of para-hydroxylation sites is 5. The minimum Gasteiger partial charge on any atom is -0.438 e. The lowest BCUT2D eigenvalue weighted by atomic mass is 10.2. The van der Waals surface area contributed by atoms with Crippen molar-refractivity contribution in [2.75, 3.05) is 22.8 Å². The number of pyridine rings is 1. The molecule has 2 aromatic heterocycles. The fourth-order valence-corrected chi connectivity index (χ4v) is 3.53. The van der Waals surface area contributed by atoms with Gasteiger partial charge in [-0.25, -0.2) is 10.1 Å². The van der Waals surface area contributed by atoms with Crippen LogP contribution in [0.1, 0.15) is 0 Å². The molecular formula is C24H19FN4O. The van der Waals surface area contributed by atoms with Crippen molar-refractivity contribution in [3.63, 3.8) is 0 Å². The van der Waals surface area contributed by atoms with Gasteiger partial charge in [0.05, 0.1) is 40.0 Å². The number of nitrogens with one attached hydrogen (secondary N) is 2.